The van der Waals surface area contributed by atoms with Crippen molar-refractivity contribution in [1.82, 2.24) is 24.5 Å². The van der Waals surface area contributed by atoms with Crippen molar-refractivity contribution < 1.29 is 9.90 Å². The monoisotopic (exact) mass is 425 g/mol. The van der Waals surface area contributed by atoms with E-state index in [0.29, 0.717) is 18.8 Å². The number of piperazine rings is 1. The average molecular weight is 426 g/mol. The van der Waals surface area contributed by atoms with Crippen LogP contribution in [-0.2, 0) is 19.9 Å². The number of carbonyl (C=O) groups is 1. The molecule has 0 unspecified atom stereocenters. The molecule has 2 aliphatic heterocycles. The first-order chi connectivity index (χ1) is 15.0. The van der Waals surface area contributed by atoms with Gasteiger partial charge >= 0.3 is 0 Å². The third kappa shape index (κ3) is 5.17. The summed E-state index contributed by atoms with van der Waals surface area (Å²) in [7, 11) is 1.81. The number of aliphatic hydroxyl groups excluding tert-OH is 1. The van der Waals surface area contributed by atoms with Crippen molar-refractivity contribution in [2.24, 2.45) is 7.05 Å². The third-order valence-corrected chi connectivity index (χ3v) is 6.78. The summed E-state index contributed by atoms with van der Waals surface area (Å²) in [5, 5.41) is 15.2. The van der Waals surface area contributed by atoms with Crippen LogP contribution < -0.4 is 0 Å². The fourth-order valence-electron chi connectivity index (χ4n) is 4.84. The number of rotatable bonds is 6. The standard InChI is InChI=1S/C24H35N5O2/c1-3-20-17-22(26(2)25-20)24(31)29-12-10-21(23(30)18-29)28-15-13-27(14-16-28)11-9-19-7-5-4-6-8-19/h4-8,17,21,23,30H,3,9-16,18H2,1-2H3/t21-,23-/m1/s1. The lowest BCUT2D eigenvalue weighted by atomic mass is 9.98. The Morgan fingerprint density at radius 3 is 2.52 bits per heavy atom. The molecule has 0 bridgehead atoms. The lowest BCUT2D eigenvalue weighted by Gasteiger charge is -2.45. The van der Waals surface area contributed by atoms with Crippen molar-refractivity contribution in [3.05, 3.63) is 53.3 Å². The first kappa shape index (κ1) is 22.0. The summed E-state index contributed by atoms with van der Waals surface area (Å²) in [4.78, 5) is 19.7. The van der Waals surface area contributed by atoms with Crippen LogP contribution in [0.5, 0.6) is 0 Å². The molecule has 4 rings (SSSR count). The van der Waals surface area contributed by atoms with E-state index < -0.39 is 6.10 Å². The number of piperidine rings is 1. The van der Waals surface area contributed by atoms with Gasteiger partial charge in [0.15, 0.2) is 0 Å². The van der Waals surface area contributed by atoms with E-state index in [1.165, 1.54) is 5.56 Å². The summed E-state index contributed by atoms with van der Waals surface area (Å²) in [6, 6.07) is 12.7. The second kappa shape index (κ2) is 9.94. The second-order valence-electron chi connectivity index (χ2n) is 8.79. The summed E-state index contributed by atoms with van der Waals surface area (Å²) in [6.45, 7) is 8.22. The number of aromatic nitrogens is 2. The highest BCUT2D eigenvalue weighted by Gasteiger charge is 2.36. The van der Waals surface area contributed by atoms with Crippen molar-refractivity contribution in [3.63, 3.8) is 0 Å². The lowest BCUT2D eigenvalue weighted by Crippen LogP contribution is -2.59. The number of amides is 1. The molecule has 1 aromatic carbocycles. The summed E-state index contributed by atoms with van der Waals surface area (Å²) in [6.07, 6.45) is 2.20. The van der Waals surface area contributed by atoms with Gasteiger partial charge < -0.3 is 14.9 Å². The number of benzene rings is 1. The van der Waals surface area contributed by atoms with Crippen molar-refractivity contribution in [2.45, 2.75) is 38.3 Å². The molecule has 31 heavy (non-hydrogen) atoms. The minimum atomic E-state index is -0.507. The number of hydrogen-bond acceptors (Lipinski definition) is 5. The van der Waals surface area contributed by atoms with E-state index in [2.05, 4.69) is 45.2 Å². The van der Waals surface area contributed by atoms with Crippen LogP contribution in [0.3, 0.4) is 0 Å². The highest BCUT2D eigenvalue weighted by Crippen LogP contribution is 2.21. The van der Waals surface area contributed by atoms with Crippen LogP contribution >= 0.6 is 0 Å². The summed E-state index contributed by atoms with van der Waals surface area (Å²) in [5.41, 5.74) is 2.91. The Balaban J connectivity index is 1.26. The topological polar surface area (TPSA) is 64.8 Å². The molecular formula is C24H35N5O2. The molecule has 7 nitrogen and oxygen atoms in total. The zero-order valence-corrected chi connectivity index (χ0v) is 18.8. The number of carbonyl (C=O) groups excluding carboxylic acids is 1. The van der Waals surface area contributed by atoms with Crippen LogP contribution in [0.4, 0.5) is 0 Å². The number of nitrogens with zero attached hydrogens (tertiary/aromatic N) is 5. The highest BCUT2D eigenvalue weighted by molar-refractivity contribution is 5.92. The minimum absolute atomic E-state index is 0.0297. The van der Waals surface area contributed by atoms with Gasteiger partial charge in [0.05, 0.1) is 11.8 Å². The van der Waals surface area contributed by atoms with E-state index >= 15 is 0 Å². The van der Waals surface area contributed by atoms with Crippen molar-refractivity contribution in [3.8, 4) is 0 Å². The van der Waals surface area contributed by atoms with Crippen molar-refractivity contribution >= 4 is 5.91 Å². The zero-order valence-electron chi connectivity index (χ0n) is 18.8. The summed E-state index contributed by atoms with van der Waals surface area (Å²) >= 11 is 0. The van der Waals surface area contributed by atoms with Gasteiger partial charge in [-0.2, -0.15) is 5.10 Å². The fourth-order valence-corrected chi connectivity index (χ4v) is 4.84. The van der Waals surface area contributed by atoms with Crippen LogP contribution in [0, 0.1) is 0 Å². The fraction of sp³-hybridized carbons (Fsp3) is 0.583. The molecular weight excluding hydrogens is 390 g/mol. The minimum Gasteiger partial charge on any atom is -0.390 e. The normalized spacial score (nSPS) is 23.3. The number of aryl methyl sites for hydroxylation is 2. The van der Waals surface area contributed by atoms with Crippen LogP contribution in [0.2, 0.25) is 0 Å². The van der Waals surface area contributed by atoms with Gasteiger partial charge in [-0.25, -0.2) is 0 Å². The molecule has 168 valence electrons. The lowest BCUT2D eigenvalue weighted by molar-refractivity contribution is -0.0244. The number of likely N-dealkylation sites (tertiary alicyclic amines) is 1. The Bertz CT molecular complexity index is 860. The highest BCUT2D eigenvalue weighted by atomic mass is 16.3. The van der Waals surface area contributed by atoms with E-state index in [4.69, 9.17) is 0 Å². The molecule has 0 aliphatic carbocycles. The molecule has 3 heterocycles. The first-order valence-electron chi connectivity index (χ1n) is 11.6. The molecule has 0 radical (unpaired) electrons. The van der Waals surface area contributed by atoms with E-state index in [1.54, 1.807) is 9.58 Å². The maximum atomic E-state index is 12.9. The average Bonchev–Trinajstić information content (AvgIpc) is 3.19. The van der Waals surface area contributed by atoms with Crippen LogP contribution in [-0.4, -0.2) is 93.5 Å². The first-order valence-corrected chi connectivity index (χ1v) is 11.6. The Labute approximate surface area is 185 Å². The molecule has 2 fully saturated rings. The Morgan fingerprint density at radius 2 is 1.87 bits per heavy atom. The van der Waals surface area contributed by atoms with Crippen molar-refractivity contribution in [2.75, 3.05) is 45.8 Å². The molecule has 1 aromatic heterocycles. The predicted molar refractivity (Wildman–Crippen MR) is 121 cm³/mol. The molecule has 2 aliphatic rings. The molecule has 2 saturated heterocycles. The van der Waals surface area contributed by atoms with Crippen LogP contribution in [0.15, 0.2) is 36.4 Å². The molecule has 7 heteroatoms. The van der Waals surface area contributed by atoms with Gasteiger partial charge in [0.1, 0.15) is 5.69 Å². The second-order valence-corrected chi connectivity index (χ2v) is 8.79. The number of aliphatic hydroxyl groups is 1. The van der Waals surface area contributed by atoms with Crippen LogP contribution in [0.1, 0.15) is 35.1 Å². The quantitative estimate of drug-likeness (QED) is 0.758. The van der Waals surface area contributed by atoms with Crippen molar-refractivity contribution in [1.29, 1.82) is 0 Å². The van der Waals surface area contributed by atoms with E-state index in [-0.39, 0.29) is 11.9 Å². The van der Waals surface area contributed by atoms with Gasteiger partial charge in [0.2, 0.25) is 0 Å². The van der Waals surface area contributed by atoms with Crippen LogP contribution in [0.25, 0.3) is 0 Å². The van der Waals surface area contributed by atoms with E-state index in [1.807, 2.05) is 20.0 Å². The Hall–Kier alpha value is -2.22. The molecule has 1 amide bonds. The smallest absolute Gasteiger partial charge is 0.272 e. The Morgan fingerprint density at radius 1 is 1.13 bits per heavy atom. The SMILES string of the molecule is CCc1cc(C(=O)N2CC[C@@H](N3CCN(CCc4ccccc4)CC3)[C@H](O)C2)n(C)n1. The van der Waals surface area contributed by atoms with Gasteiger partial charge in [-0.15, -0.1) is 0 Å². The summed E-state index contributed by atoms with van der Waals surface area (Å²) < 4.78 is 1.66. The molecule has 0 saturated carbocycles. The van der Waals surface area contributed by atoms with E-state index in [9.17, 15) is 9.90 Å². The molecule has 2 aromatic rings. The maximum Gasteiger partial charge on any atom is 0.272 e. The third-order valence-electron chi connectivity index (χ3n) is 6.78. The molecule has 1 N–H and O–H groups in total. The number of hydrogen-bond donors (Lipinski definition) is 1. The molecule has 0 spiro atoms. The summed E-state index contributed by atoms with van der Waals surface area (Å²) in [5.74, 6) is -0.0297. The maximum absolute atomic E-state index is 12.9. The van der Waals surface area contributed by atoms with Gasteiger partial charge in [-0.05, 0) is 30.9 Å². The predicted octanol–water partition coefficient (Wildman–Crippen LogP) is 1.42. The van der Waals surface area contributed by atoms with Gasteiger partial charge in [0, 0.05) is 58.9 Å². The van der Waals surface area contributed by atoms with Gasteiger partial charge in [0.25, 0.3) is 5.91 Å². The number of β-amino-alcohol motifs (C(OH)–C–C–N with tert-alkyl or cyclic N) is 1. The largest absolute Gasteiger partial charge is 0.390 e. The van der Waals surface area contributed by atoms with E-state index in [0.717, 1.165) is 57.7 Å². The van der Waals surface area contributed by atoms with Gasteiger partial charge in [-0.3, -0.25) is 14.4 Å². The Kier molecular flexibility index (Phi) is 7.05. The zero-order chi connectivity index (χ0) is 21.8. The van der Waals surface area contributed by atoms with Gasteiger partial charge in [-0.1, -0.05) is 37.3 Å². The molecule has 2 atom stereocenters.